The molecule has 1 unspecified atom stereocenters. The van der Waals surface area contributed by atoms with Gasteiger partial charge < -0.3 is 14.8 Å². The number of nitrogens with zero attached hydrogens (tertiary/aromatic N) is 1. The maximum Gasteiger partial charge on any atom is 0.278 e. The van der Waals surface area contributed by atoms with Crippen LogP contribution >= 0.6 is 0 Å². The first-order chi connectivity index (χ1) is 15.1. The number of ether oxygens (including phenoxy) is 2. The van der Waals surface area contributed by atoms with Crippen LogP contribution in [0.1, 0.15) is 83.9 Å². The summed E-state index contributed by atoms with van der Waals surface area (Å²) >= 11 is 0. The fourth-order valence-electron chi connectivity index (χ4n) is 3.67. The van der Waals surface area contributed by atoms with E-state index in [4.69, 9.17) is 14.7 Å². The van der Waals surface area contributed by atoms with Gasteiger partial charge in [-0.3, -0.25) is 0 Å². The number of halogens is 1. The van der Waals surface area contributed by atoms with Crippen molar-refractivity contribution in [2.24, 2.45) is 0 Å². The molecule has 31 heavy (non-hydrogen) atoms. The molecule has 2 heterocycles. The van der Waals surface area contributed by atoms with Gasteiger partial charge in [0, 0.05) is 12.5 Å². The van der Waals surface area contributed by atoms with Crippen molar-refractivity contribution >= 4 is 0 Å². The average molecular weight is 429 g/mol. The minimum atomic E-state index is -1.23. The lowest BCUT2D eigenvalue weighted by Gasteiger charge is -2.26. The van der Waals surface area contributed by atoms with Gasteiger partial charge in [0.1, 0.15) is 5.82 Å². The van der Waals surface area contributed by atoms with E-state index in [0.29, 0.717) is 23.0 Å². The van der Waals surface area contributed by atoms with Gasteiger partial charge in [0.25, 0.3) is 5.79 Å². The lowest BCUT2D eigenvalue weighted by Crippen LogP contribution is -2.33. The lowest BCUT2D eigenvalue weighted by molar-refractivity contribution is -0.0711. The van der Waals surface area contributed by atoms with Crippen LogP contribution in [-0.4, -0.2) is 13.1 Å². The number of hydrogen-bond acceptors (Lipinski definition) is 4. The highest BCUT2D eigenvalue weighted by molar-refractivity contribution is 5.52. The Morgan fingerprint density at radius 2 is 1.65 bits per heavy atom. The maximum absolute atomic E-state index is 14.5. The molecular formula is C26H37FN2O2. The van der Waals surface area contributed by atoms with E-state index in [2.05, 4.69) is 11.4 Å². The number of benzene rings is 2. The zero-order valence-electron chi connectivity index (χ0n) is 20.0. The van der Waals surface area contributed by atoms with E-state index in [1.54, 1.807) is 19.1 Å². The molecule has 0 amide bonds. The summed E-state index contributed by atoms with van der Waals surface area (Å²) in [5.74, 6) is 0.0253. The first-order valence-electron chi connectivity index (χ1n) is 11.5. The van der Waals surface area contributed by atoms with E-state index in [9.17, 15) is 4.39 Å². The van der Waals surface area contributed by atoms with Crippen LogP contribution < -0.4 is 14.8 Å². The number of fused-ring (bicyclic) bond motifs is 1. The second-order valence-corrected chi connectivity index (χ2v) is 6.66. The SMILES string of the molecule is CC.CC.CC.CC1(c2ccc(C#N)cc2F)Oc2cccc(C3CCNCC3)c2O1. The van der Waals surface area contributed by atoms with Crippen LogP contribution in [0.15, 0.2) is 36.4 Å². The highest BCUT2D eigenvalue weighted by Crippen LogP contribution is 2.49. The maximum atomic E-state index is 14.5. The number of rotatable bonds is 2. The van der Waals surface area contributed by atoms with Crippen molar-refractivity contribution in [1.82, 2.24) is 5.32 Å². The molecule has 2 aliphatic rings. The number of nitrogens with one attached hydrogen (secondary N) is 1. The molecule has 0 spiro atoms. The predicted molar refractivity (Wildman–Crippen MR) is 125 cm³/mol. The number of hydrogen-bond donors (Lipinski definition) is 1. The molecule has 5 heteroatoms. The molecule has 0 bridgehead atoms. The van der Waals surface area contributed by atoms with Gasteiger partial charge in [0.05, 0.1) is 17.2 Å². The first-order valence-corrected chi connectivity index (χ1v) is 11.5. The Balaban J connectivity index is 0.000000739. The first kappa shape index (κ1) is 26.5. The molecule has 2 aromatic rings. The van der Waals surface area contributed by atoms with Crippen molar-refractivity contribution < 1.29 is 13.9 Å². The van der Waals surface area contributed by atoms with Crippen molar-refractivity contribution in [1.29, 1.82) is 5.26 Å². The van der Waals surface area contributed by atoms with Crippen LogP contribution in [0.4, 0.5) is 4.39 Å². The molecule has 170 valence electrons. The summed E-state index contributed by atoms with van der Waals surface area (Å²) in [6.45, 7) is 15.7. The third kappa shape index (κ3) is 5.98. The summed E-state index contributed by atoms with van der Waals surface area (Å²) < 4.78 is 26.7. The largest absolute Gasteiger partial charge is 0.444 e. The van der Waals surface area contributed by atoms with Gasteiger partial charge in [0.15, 0.2) is 11.5 Å². The van der Waals surface area contributed by atoms with Gasteiger partial charge in [-0.05, 0) is 56.1 Å². The molecule has 0 aromatic heterocycles. The minimum absolute atomic E-state index is 0.274. The average Bonchev–Trinajstić information content (AvgIpc) is 3.20. The molecule has 1 fully saturated rings. The Kier molecular flexibility index (Phi) is 11.1. The highest BCUT2D eigenvalue weighted by Gasteiger charge is 2.42. The van der Waals surface area contributed by atoms with E-state index in [0.717, 1.165) is 31.5 Å². The Bertz CT molecular complexity index is 857. The molecule has 2 aliphatic heterocycles. The van der Waals surface area contributed by atoms with E-state index in [-0.39, 0.29) is 5.56 Å². The molecule has 1 saturated heterocycles. The summed E-state index contributed by atoms with van der Waals surface area (Å²) in [6, 6.07) is 12.2. The molecule has 1 atom stereocenters. The molecule has 0 aliphatic carbocycles. The number of para-hydroxylation sites is 1. The molecule has 4 rings (SSSR count). The monoisotopic (exact) mass is 428 g/mol. The summed E-state index contributed by atoms with van der Waals surface area (Å²) in [7, 11) is 0. The van der Waals surface area contributed by atoms with Crippen molar-refractivity contribution in [2.75, 3.05) is 13.1 Å². The number of nitriles is 1. The standard InChI is InChI=1S/C20H19FN2O2.3C2H6/c1-20(16-6-5-13(12-22)11-17(16)21)24-18-4-2-3-15(19(18)25-20)14-7-9-23-10-8-14;3*1-2/h2-6,11,14,23H,7-10H2,1H3;3*1-2H3. The lowest BCUT2D eigenvalue weighted by atomic mass is 9.89. The third-order valence-electron chi connectivity index (χ3n) is 4.98. The van der Waals surface area contributed by atoms with Crippen LogP contribution in [0.2, 0.25) is 0 Å². The summed E-state index contributed by atoms with van der Waals surface area (Å²) in [5.41, 5.74) is 1.69. The highest BCUT2D eigenvalue weighted by atomic mass is 19.1. The van der Waals surface area contributed by atoms with Gasteiger partial charge in [-0.2, -0.15) is 5.26 Å². The summed E-state index contributed by atoms with van der Waals surface area (Å²) in [5, 5.41) is 12.3. The molecular weight excluding hydrogens is 391 g/mol. The van der Waals surface area contributed by atoms with Gasteiger partial charge in [0.2, 0.25) is 0 Å². The Morgan fingerprint density at radius 1 is 1.00 bits per heavy atom. The normalized spacial score (nSPS) is 18.8. The fraction of sp³-hybridized carbons (Fsp3) is 0.500. The smallest absolute Gasteiger partial charge is 0.278 e. The van der Waals surface area contributed by atoms with E-state index in [1.807, 2.05) is 59.7 Å². The number of piperidine rings is 1. The van der Waals surface area contributed by atoms with Crippen molar-refractivity contribution in [3.05, 3.63) is 58.9 Å². The zero-order valence-corrected chi connectivity index (χ0v) is 20.0. The van der Waals surface area contributed by atoms with E-state index in [1.165, 1.54) is 6.07 Å². The topological polar surface area (TPSA) is 54.3 Å². The second-order valence-electron chi connectivity index (χ2n) is 6.66. The minimum Gasteiger partial charge on any atom is -0.444 e. The van der Waals surface area contributed by atoms with Crippen molar-refractivity contribution in [3.8, 4) is 17.6 Å². The van der Waals surface area contributed by atoms with Crippen LogP contribution in [0.25, 0.3) is 0 Å². The molecule has 2 aromatic carbocycles. The van der Waals surface area contributed by atoms with Gasteiger partial charge in [-0.1, -0.05) is 53.7 Å². The van der Waals surface area contributed by atoms with Gasteiger partial charge in [-0.25, -0.2) is 4.39 Å². The van der Waals surface area contributed by atoms with Crippen LogP contribution in [0.5, 0.6) is 11.5 Å². The van der Waals surface area contributed by atoms with Crippen LogP contribution in [0, 0.1) is 17.1 Å². The molecule has 4 nitrogen and oxygen atoms in total. The molecule has 1 N–H and O–H groups in total. The van der Waals surface area contributed by atoms with E-state index >= 15 is 0 Å². The summed E-state index contributed by atoms with van der Waals surface area (Å²) in [6.07, 6.45) is 2.09. The van der Waals surface area contributed by atoms with Crippen molar-refractivity contribution in [2.45, 2.75) is 73.0 Å². The van der Waals surface area contributed by atoms with Crippen LogP contribution in [0.3, 0.4) is 0 Å². The Labute approximate surface area is 187 Å². The Hall–Kier alpha value is -2.58. The fourth-order valence-corrected chi connectivity index (χ4v) is 3.67. The van der Waals surface area contributed by atoms with Crippen molar-refractivity contribution in [3.63, 3.8) is 0 Å². The Morgan fingerprint density at radius 3 is 2.23 bits per heavy atom. The summed E-state index contributed by atoms with van der Waals surface area (Å²) in [4.78, 5) is 0. The van der Waals surface area contributed by atoms with Gasteiger partial charge in [-0.15, -0.1) is 0 Å². The predicted octanol–water partition coefficient (Wildman–Crippen LogP) is 6.89. The molecule has 0 saturated carbocycles. The zero-order chi connectivity index (χ0) is 23.4. The quantitative estimate of drug-likeness (QED) is 0.566. The molecule has 0 radical (unpaired) electrons. The van der Waals surface area contributed by atoms with E-state index < -0.39 is 11.6 Å². The van der Waals surface area contributed by atoms with Crippen LogP contribution in [-0.2, 0) is 5.79 Å². The van der Waals surface area contributed by atoms with Gasteiger partial charge >= 0.3 is 0 Å². The third-order valence-corrected chi connectivity index (χ3v) is 4.98. The second kappa shape index (κ2) is 13.0.